The number of hydrogen-bond donors (Lipinski definition) is 4. The van der Waals surface area contributed by atoms with E-state index < -0.39 is 36.9 Å². The molecular formula is C26H35F3N6O2. The predicted molar refractivity (Wildman–Crippen MR) is 136 cm³/mol. The Labute approximate surface area is 214 Å². The minimum atomic E-state index is -4.35. The molecule has 3 aromatic rings. The Balaban J connectivity index is 1.34. The standard InChI is InChI=1S/C26H35F3N6O2/c1-30-24-20-9-13-35(25(20)33-17-32-24)21-14-19(22(36)23(21)37)15-34(16-26(27,28)29)12-5-10-31-11-8-18-6-3-2-4-7-18/h2-4,6-7,9,13,17,19,21-23,31,36-37H,5,8,10-12,14-16H2,1H3,(H,30,32,33)/t19-,21-,22-,23+/m1/s1. The molecule has 0 amide bonds. The van der Waals surface area contributed by atoms with Crippen molar-refractivity contribution >= 4 is 16.9 Å². The lowest BCUT2D eigenvalue weighted by atomic mass is 10.0. The van der Waals surface area contributed by atoms with Gasteiger partial charge in [-0.05, 0) is 50.5 Å². The quantitative estimate of drug-likeness (QED) is 0.273. The molecule has 0 aliphatic heterocycles. The van der Waals surface area contributed by atoms with E-state index in [1.54, 1.807) is 17.8 Å². The van der Waals surface area contributed by atoms with Crippen LogP contribution in [0.3, 0.4) is 0 Å². The Morgan fingerprint density at radius 3 is 2.59 bits per heavy atom. The number of nitrogens with one attached hydrogen (secondary N) is 2. The van der Waals surface area contributed by atoms with Crippen LogP contribution in [0.15, 0.2) is 48.9 Å². The number of aliphatic hydroxyl groups excluding tert-OH is 2. The summed E-state index contributed by atoms with van der Waals surface area (Å²) < 4.78 is 41.8. The van der Waals surface area contributed by atoms with Crippen LogP contribution in [-0.4, -0.2) is 87.8 Å². The van der Waals surface area contributed by atoms with E-state index in [2.05, 4.69) is 20.6 Å². The highest BCUT2D eigenvalue weighted by Crippen LogP contribution is 2.38. The second-order valence-electron chi connectivity index (χ2n) is 9.67. The van der Waals surface area contributed by atoms with Crippen LogP contribution in [0.1, 0.15) is 24.4 Å². The first-order valence-corrected chi connectivity index (χ1v) is 12.7. The predicted octanol–water partition coefficient (Wildman–Crippen LogP) is 2.84. The first kappa shape index (κ1) is 27.3. The highest BCUT2D eigenvalue weighted by atomic mass is 19.4. The van der Waals surface area contributed by atoms with Crippen LogP contribution in [0.25, 0.3) is 11.0 Å². The van der Waals surface area contributed by atoms with Crippen LogP contribution < -0.4 is 10.6 Å². The number of fused-ring (bicyclic) bond motifs is 1. The normalized spacial score (nSPS) is 22.2. The van der Waals surface area contributed by atoms with Gasteiger partial charge in [-0.2, -0.15) is 13.2 Å². The summed E-state index contributed by atoms with van der Waals surface area (Å²) in [4.78, 5) is 9.85. The molecule has 1 saturated carbocycles. The molecule has 37 heavy (non-hydrogen) atoms. The molecule has 1 aliphatic rings. The summed E-state index contributed by atoms with van der Waals surface area (Å²) >= 11 is 0. The number of rotatable bonds is 12. The zero-order valence-corrected chi connectivity index (χ0v) is 20.9. The van der Waals surface area contributed by atoms with Crippen molar-refractivity contribution in [2.24, 2.45) is 5.92 Å². The number of aliphatic hydroxyl groups is 2. The van der Waals surface area contributed by atoms with E-state index >= 15 is 0 Å². The molecule has 0 bridgehead atoms. The fourth-order valence-electron chi connectivity index (χ4n) is 5.24. The van der Waals surface area contributed by atoms with Gasteiger partial charge in [-0.3, -0.25) is 4.90 Å². The van der Waals surface area contributed by atoms with Gasteiger partial charge in [-0.25, -0.2) is 9.97 Å². The lowest BCUT2D eigenvalue weighted by Crippen LogP contribution is -2.41. The SMILES string of the molecule is CNc1ncnc2c1ccn2[C@@H]1C[C@H](CN(CCCNCCc2ccccc2)CC(F)(F)F)[C@@H](O)[C@H]1O. The molecule has 4 atom stereocenters. The van der Waals surface area contributed by atoms with Crippen LogP contribution in [-0.2, 0) is 6.42 Å². The van der Waals surface area contributed by atoms with E-state index in [4.69, 9.17) is 0 Å². The van der Waals surface area contributed by atoms with Gasteiger partial charge in [0, 0.05) is 25.7 Å². The minimum absolute atomic E-state index is 0.0498. The monoisotopic (exact) mass is 520 g/mol. The summed E-state index contributed by atoms with van der Waals surface area (Å²) in [5, 5.41) is 28.6. The van der Waals surface area contributed by atoms with Gasteiger partial charge in [0.05, 0.1) is 24.1 Å². The average molecular weight is 521 g/mol. The van der Waals surface area contributed by atoms with Crippen molar-refractivity contribution in [2.75, 3.05) is 45.1 Å². The Kier molecular flexibility index (Phi) is 9.01. The third-order valence-electron chi connectivity index (χ3n) is 7.03. The van der Waals surface area contributed by atoms with Crippen molar-refractivity contribution in [1.29, 1.82) is 0 Å². The molecule has 1 fully saturated rings. The molecule has 8 nitrogen and oxygen atoms in total. The van der Waals surface area contributed by atoms with Crippen LogP contribution in [0, 0.1) is 5.92 Å². The molecule has 202 valence electrons. The maximum Gasteiger partial charge on any atom is 0.401 e. The maximum absolute atomic E-state index is 13.3. The molecule has 11 heteroatoms. The topological polar surface area (TPSA) is 98.5 Å². The summed E-state index contributed by atoms with van der Waals surface area (Å²) in [6.07, 6.45) is -1.65. The van der Waals surface area contributed by atoms with Crippen molar-refractivity contribution < 1.29 is 23.4 Å². The van der Waals surface area contributed by atoms with Crippen LogP contribution in [0.2, 0.25) is 0 Å². The van der Waals surface area contributed by atoms with Gasteiger partial charge in [0.2, 0.25) is 0 Å². The second-order valence-corrected chi connectivity index (χ2v) is 9.67. The fraction of sp³-hybridized carbons (Fsp3) is 0.538. The smallest absolute Gasteiger partial charge is 0.390 e. The van der Waals surface area contributed by atoms with Gasteiger partial charge in [0.1, 0.15) is 23.9 Å². The highest BCUT2D eigenvalue weighted by molar-refractivity contribution is 5.87. The number of hydrogen-bond acceptors (Lipinski definition) is 7. The number of aromatic nitrogens is 3. The van der Waals surface area contributed by atoms with Crippen molar-refractivity contribution in [3.05, 3.63) is 54.5 Å². The van der Waals surface area contributed by atoms with E-state index in [9.17, 15) is 23.4 Å². The Bertz CT molecular complexity index is 1130. The zero-order valence-electron chi connectivity index (χ0n) is 20.9. The first-order valence-electron chi connectivity index (χ1n) is 12.7. The van der Waals surface area contributed by atoms with Crippen molar-refractivity contribution in [2.45, 2.75) is 43.7 Å². The summed E-state index contributed by atoms with van der Waals surface area (Å²) in [7, 11) is 1.75. The summed E-state index contributed by atoms with van der Waals surface area (Å²) in [6, 6.07) is 11.3. The van der Waals surface area contributed by atoms with Gasteiger partial charge in [-0.15, -0.1) is 0 Å². The summed E-state index contributed by atoms with van der Waals surface area (Å²) in [5.74, 6) is 0.138. The summed E-state index contributed by atoms with van der Waals surface area (Å²) in [6.45, 7) is 0.595. The third kappa shape index (κ3) is 6.98. The van der Waals surface area contributed by atoms with Gasteiger partial charge >= 0.3 is 6.18 Å². The molecule has 2 heterocycles. The highest BCUT2D eigenvalue weighted by Gasteiger charge is 2.44. The van der Waals surface area contributed by atoms with Crippen LogP contribution in [0.4, 0.5) is 19.0 Å². The largest absolute Gasteiger partial charge is 0.401 e. The van der Waals surface area contributed by atoms with Crippen LogP contribution in [0.5, 0.6) is 0 Å². The van der Waals surface area contributed by atoms with Crippen molar-refractivity contribution in [1.82, 2.24) is 24.8 Å². The Morgan fingerprint density at radius 2 is 1.86 bits per heavy atom. The van der Waals surface area contributed by atoms with Gasteiger partial charge < -0.3 is 25.4 Å². The average Bonchev–Trinajstić information content (AvgIpc) is 3.42. The number of anilines is 1. The molecule has 0 unspecified atom stereocenters. The lowest BCUT2D eigenvalue weighted by molar-refractivity contribution is -0.148. The minimum Gasteiger partial charge on any atom is -0.390 e. The molecule has 2 aromatic heterocycles. The van der Waals surface area contributed by atoms with E-state index in [0.29, 0.717) is 30.9 Å². The number of alkyl halides is 3. The Morgan fingerprint density at radius 1 is 1.08 bits per heavy atom. The molecular weight excluding hydrogens is 485 g/mol. The maximum atomic E-state index is 13.3. The first-order chi connectivity index (χ1) is 17.8. The molecule has 1 aromatic carbocycles. The van der Waals surface area contributed by atoms with Crippen LogP contribution >= 0.6 is 0 Å². The summed E-state index contributed by atoms with van der Waals surface area (Å²) in [5.41, 5.74) is 1.81. The van der Waals surface area contributed by atoms with E-state index in [-0.39, 0.29) is 13.1 Å². The Hall–Kier alpha value is -2.73. The van der Waals surface area contributed by atoms with E-state index in [1.807, 2.05) is 36.4 Å². The number of halogens is 3. The van der Waals surface area contributed by atoms with Gasteiger partial charge in [-0.1, -0.05) is 30.3 Å². The van der Waals surface area contributed by atoms with E-state index in [1.165, 1.54) is 16.8 Å². The van der Waals surface area contributed by atoms with Gasteiger partial charge in [0.15, 0.2) is 0 Å². The molecule has 4 N–H and O–H groups in total. The van der Waals surface area contributed by atoms with E-state index in [0.717, 1.165) is 18.4 Å². The molecule has 0 saturated heterocycles. The second kappa shape index (κ2) is 12.2. The number of benzene rings is 1. The number of nitrogens with zero attached hydrogens (tertiary/aromatic N) is 4. The fourth-order valence-corrected chi connectivity index (χ4v) is 5.24. The zero-order chi connectivity index (χ0) is 26.4. The molecule has 0 spiro atoms. The van der Waals surface area contributed by atoms with Crippen molar-refractivity contribution in [3.63, 3.8) is 0 Å². The molecule has 1 aliphatic carbocycles. The molecule has 0 radical (unpaired) electrons. The van der Waals surface area contributed by atoms with Crippen molar-refractivity contribution in [3.8, 4) is 0 Å². The van der Waals surface area contributed by atoms with Gasteiger partial charge in [0.25, 0.3) is 0 Å². The lowest BCUT2D eigenvalue weighted by Gasteiger charge is -2.28. The third-order valence-corrected chi connectivity index (χ3v) is 7.03. The molecule has 4 rings (SSSR count).